The predicted molar refractivity (Wildman–Crippen MR) is 147 cm³/mol. The molecule has 4 aromatic carbocycles. The van der Waals surface area contributed by atoms with Crippen LogP contribution in [0, 0.1) is 10.1 Å². The van der Waals surface area contributed by atoms with Crippen molar-refractivity contribution < 1.29 is 9.72 Å². The summed E-state index contributed by atoms with van der Waals surface area (Å²) < 4.78 is 1.25. The Balaban J connectivity index is 1.50. The zero-order valence-electron chi connectivity index (χ0n) is 20.5. The fourth-order valence-electron chi connectivity index (χ4n) is 3.96. The molecule has 0 saturated carbocycles. The lowest BCUT2D eigenvalue weighted by atomic mass is 10.1. The Morgan fingerprint density at radius 2 is 1.49 bits per heavy atom. The quantitative estimate of drug-likeness (QED) is 0.146. The van der Waals surface area contributed by atoms with Gasteiger partial charge in [-0.2, -0.15) is 0 Å². The minimum Gasteiger partial charge on any atom is -0.348 e. The molecule has 39 heavy (non-hydrogen) atoms. The molecule has 0 aliphatic rings. The predicted octanol–water partition coefficient (Wildman–Crippen LogP) is 6.09. The van der Waals surface area contributed by atoms with Crippen molar-refractivity contribution in [1.29, 1.82) is 0 Å². The third kappa shape index (κ3) is 5.54. The molecule has 5 aromatic rings. The van der Waals surface area contributed by atoms with E-state index in [1.807, 2.05) is 60.7 Å². The van der Waals surface area contributed by atoms with Crippen LogP contribution in [0.15, 0.2) is 124 Å². The van der Waals surface area contributed by atoms with Crippen LogP contribution in [0.2, 0.25) is 0 Å². The molecule has 0 aliphatic carbocycles. The standard InChI is InChI=1S/C29H22N6O4/c36-28(30-19-20-9-3-1-4-10-20)24-13-7-8-14-25(24)31-32-27-26(21-11-5-2-6-12-21)33-34(29(27)37)22-15-17-23(18-16-22)35(38)39/h1-18,33H,19H2,(H,30,36). The number of H-pyrrole nitrogens is 1. The van der Waals surface area contributed by atoms with Crippen LogP contribution in [-0.2, 0) is 6.54 Å². The third-order valence-electron chi connectivity index (χ3n) is 5.95. The van der Waals surface area contributed by atoms with E-state index in [1.54, 1.807) is 24.3 Å². The molecule has 0 saturated heterocycles. The Kier molecular flexibility index (Phi) is 7.17. The highest BCUT2D eigenvalue weighted by molar-refractivity contribution is 5.98. The van der Waals surface area contributed by atoms with Crippen LogP contribution in [0.3, 0.4) is 0 Å². The van der Waals surface area contributed by atoms with Crippen molar-refractivity contribution in [3.05, 3.63) is 141 Å². The smallest absolute Gasteiger partial charge is 0.299 e. The number of nitrogens with one attached hydrogen (secondary N) is 2. The van der Waals surface area contributed by atoms with Crippen molar-refractivity contribution in [3.63, 3.8) is 0 Å². The summed E-state index contributed by atoms with van der Waals surface area (Å²) in [6.07, 6.45) is 0. The number of benzene rings is 4. The van der Waals surface area contributed by atoms with Crippen molar-refractivity contribution in [2.24, 2.45) is 10.2 Å². The van der Waals surface area contributed by atoms with Gasteiger partial charge in [0.1, 0.15) is 0 Å². The van der Waals surface area contributed by atoms with Crippen molar-refractivity contribution in [2.75, 3.05) is 0 Å². The van der Waals surface area contributed by atoms with E-state index in [0.29, 0.717) is 34.7 Å². The normalized spacial score (nSPS) is 11.0. The van der Waals surface area contributed by atoms with Gasteiger partial charge in [0, 0.05) is 24.2 Å². The number of carbonyl (C=O) groups excluding carboxylic acids is 1. The summed E-state index contributed by atoms with van der Waals surface area (Å²) in [4.78, 5) is 36.9. The Labute approximate surface area is 222 Å². The molecule has 1 amide bonds. The van der Waals surface area contributed by atoms with Crippen molar-refractivity contribution >= 4 is 23.0 Å². The van der Waals surface area contributed by atoms with E-state index >= 15 is 0 Å². The fraction of sp³-hybridized carbons (Fsp3) is 0.0345. The van der Waals surface area contributed by atoms with E-state index in [1.165, 1.54) is 28.9 Å². The first kappa shape index (κ1) is 25.0. The first-order valence-electron chi connectivity index (χ1n) is 12.0. The number of azo groups is 1. The van der Waals surface area contributed by atoms with E-state index in [9.17, 15) is 19.7 Å². The molecule has 0 unspecified atom stereocenters. The SMILES string of the molecule is O=C(NCc1ccccc1)c1ccccc1N=Nc1c(-c2ccccc2)[nH]n(-c2ccc([N+](=O)[O-])cc2)c1=O. The first-order chi connectivity index (χ1) is 19.0. The highest BCUT2D eigenvalue weighted by atomic mass is 16.6. The number of aromatic amines is 1. The molecular formula is C29H22N6O4. The Hall–Kier alpha value is -5.64. The third-order valence-corrected chi connectivity index (χ3v) is 5.95. The maximum atomic E-state index is 13.4. The molecule has 0 fully saturated rings. The molecular weight excluding hydrogens is 496 g/mol. The number of nitrogens with zero attached hydrogens (tertiary/aromatic N) is 4. The summed E-state index contributed by atoms with van der Waals surface area (Å²) in [6, 6.07) is 31.0. The minimum absolute atomic E-state index is 0.0269. The summed E-state index contributed by atoms with van der Waals surface area (Å²) in [5.41, 5.74) is 2.49. The summed E-state index contributed by atoms with van der Waals surface area (Å²) in [5.74, 6) is -0.325. The van der Waals surface area contributed by atoms with Gasteiger partial charge in [0.25, 0.3) is 17.2 Å². The number of hydrogen-bond acceptors (Lipinski definition) is 6. The average molecular weight is 519 g/mol. The largest absolute Gasteiger partial charge is 0.348 e. The molecule has 1 heterocycles. The molecule has 1 aromatic heterocycles. The number of hydrogen-bond donors (Lipinski definition) is 2. The lowest BCUT2D eigenvalue weighted by molar-refractivity contribution is -0.384. The van der Waals surface area contributed by atoms with E-state index in [-0.39, 0.29) is 17.3 Å². The second-order valence-corrected chi connectivity index (χ2v) is 8.50. The first-order valence-corrected chi connectivity index (χ1v) is 12.0. The summed E-state index contributed by atoms with van der Waals surface area (Å²) in [6.45, 7) is 0.348. The lowest BCUT2D eigenvalue weighted by Gasteiger charge is -2.07. The van der Waals surface area contributed by atoms with Crippen LogP contribution in [0.1, 0.15) is 15.9 Å². The Morgan fingerprint density at radius 3 is 2.18 bits per heavy atom. The van der Waals surface area contributed by atoms with E-state index in [2.05, 4.69) is 20.6 Å². The lowest BCUT2D eigenvalue weighted by Crippen LogP contribution is -2.22. The number of non-ortho nitro benzene ring substituents is 1. The number of aromatic nitrogens is 2. The van der Waals surface area contributed by atoms with Gasteiger partial charge >= 0.3 is 0 Å². The molecule has 5 rings (SSSR count). The van der Waals surface area contributed by atoms with Crippen LogP contribution in [0.25, 0.3) is 16.9 Å². The number of amides is 1. The molecule has 0 aliphatic heterocycles. The highest BCUT2D eigenvalue weighted by Crippen LogP contribution is 2.29. The van der Waals surface area contributed by atoms with Crippen LogP contribution in [0.5, 0.6) is 0 Å². The van der Waals surface area contributed by atoms with Gasteiger partial charge in [-0.05, 0) is 29.8 Å². The van der Waals surface area contributed by atoms with Crippen LogP contribution < -0.4 is 10.9 Å². The average Bonchev–Trinajstić information content (AvgIpc) is 3.31. The van der Waals surface area contributed by atoms with Crippen LogP contribution >= 0.6 is 0 Å². The second-order valence-electron chi connectivity index (χ2n) is 8.50. The monoisotopic (exact) mass is 518 g/mol. The molecule has 10 heteroatoms. The fourth-order valence-corrected chi connectivity index (χ4v) is 3.96. The minimum atomic E-state index is -0.510. The van der Waals surface area contributed by atoms with E-state index < -0.39 is 10.5 Å². The van der Waals surface area contributed by atoms with Gasteiger partial charge in [-0.1, -0.05) is 72.8 Å². The molecule has 0 spiro atoms. The topological polar surface area (TPSA) is 135 Å². The summed E-state index contributed by atoms with van der Waals surface area (Å²) >= 11 is 0. The number of nitro benzene ring substituents is 1. The maximum absolute atomic E-state index is 13.4. The molecule has 192 valence electrons. The highest BCUT2D eigenvalue weighted by Gasteiger charge is 2.18. The Bertz CT molecular complexity index is 1710. The number of rotatable bonds is 8. The summed E-state index contributed by atoms with van der Waals surface area (Å²) in [7, 11) is 0. The summed E-state index contributed by atoms with van der Waals surface area (Å²) in [5, 5.41) is 25.5. The van der Waals surface area contributed by atoms with Crippen LogP contribution in [0.4, 0.5) is 17.1 Å². The van der Waals surface area contributed by atoms with Crippen molar-refractivity contribution in [2.45, 2.75) is 6.54 Å². The van der Waals surface area contributed by atoms with Crippen LogP contribution in [-0.4, -0.2) is 20.6 Å². The van der Waals surface area contributed by atoms with E-state index in [4.69, 9.17) is 0 Å². The van der Waals surface area contributed by atoms with Gasteiger partial charge in [0.05, 0.1) is 27.6 Å². The zero-order chi connectivity index (χ0) is 27.2. The van der Waals surface area contributed by atoms with Crippen molar-refractivity contribution in [3.8, 4) is 16.9 Å². The number of carbonyl (C=O) groups is 1. The van der Waals surface area contributed by atoms with Gasteiger partial charge in [-0.3, -0.25) is 24.8 Å². The second kappa shape index (κ2) is 11.2. The maximum Gasteiger partial charge on any atom is 0.299 e. The van der Waals surface area contributed by atoms with Gasteiger partial charge in [-0.15, -0.1) is 10.2 Å². The molecule has 0 bridgehead atoms. The molecule has 0 radical (unpaired) electrons. The number of nitro groups is 1. The van der Waals surface area contributed by atoms with Gasteiger partial charge in [0.2, 0.25) is 0 Å². The molecule has 10 nitrogen and oxygen atoms in total. The Morgan fingerprint density at radius 1 is 0.846 bits per heavy atom. The zero-order valence-corrected chi connectivity index (χ0v) is 20.5. The van der Waals surface area contributed by atoms with Gasteiger partial charge in [-0.25, -0.2) is 4.68 Å². The van der Waals surface area contributed by atoms with Gasteiger partial charge in [0.15, 0.2) is 5.69 Å². The molecule has 0 atom stereocenters. The van der Waals surface area contributed by atoms with Crippen molar-refractivity contribution in [1.82, 2.24) is 15.1 Å². The van der Waals surface area contributed by atoms with Gasteiger partial charge < -0.3 is 5.32 Å². The molecule has 2 N–H and O–H groups in total. The van der Waals surface area contributed by atoms with E-state index in [0.717, 1.165) is 5.56 Å².